The quantitative estimate of drug-likeness (QED) is 0.322. The minimum absolute atomic E-state index is 0.129. The van der Waals surface area contributed by atoms with Gasteiger partial charge < -0.3 is 19.0 Å². The Labute approximate surface area is 228 Å². The number of allylic oxidation sites excluding steroid dienone is 1. The van der Waals surface area contributed by atoms with Crippen LogP contribution in [0.1, 0.15) is 90.5 Å². The van der Waals surface area contributed by atoms with E-state index in [2.05, 4.69) is 65.1 Å². The number of hydrogen-bond acceptors (Lipinski definition) is 5. The van der Waals surface area contributed by atoms with Crippen molar-refractivity contribution in [2.24, 2.45) is 17.3 Å². The number of fused-ring (bicyclic) bond motifs is 4. The zero-order valence-corrected chi connectivity index (χ0v) is 24.9. The number of rotatable bonds is 3. The van der Waals surface area contributed by atoms with Gasteiger partial charge in [-0.25, -0.2) is 0 Å². The number of ether oxygens (including phenoxy) is 2. The molecule has 1 heterocycles. The molecule has 3 saturated carbocycles. The Bertz CT molecular complexity index is 1180. The van der Waals surface area contributed by atoms with Crippen LogP contribution >= 0.6 is 0 Å². The summed E-state index contributed by atoms with van der Waals surface area (Å²) in [6, 6.07) is 8.67. The third kappa shape index (κ3) is 3.92. The third-order valence-electron chi connectivity index (χ3n) is 11.2. The summed E-state index contributed by atoms with van der Waals surface area (Å²) in [6.07, 6.45) is 9.29. The first-order valence-electron chi connectivity index (χ1n) is 14.6. The van der Waals surface area contributed by atoms with E-state index >= 15 is 0 Å². The lowest BCUT2D eigenvalue weighted by Gasteiger charge is -2.55. The van der Waals surface area contributed by atoms with Gasteiger partial charge in [0, 0.05) is 24.2 Å². The van der Waals surface area contributed by atoms with Crippen LogP contribution in [0.25, 0.3) is 0 Å². The third-order valence-corrected chi connectivity index (χ3v) is 15.6. The highest BCUT2D eigenvalue weighted by atomic mass is 28.4. The van der Waals surface area contributed by atoms with Crippen LogP contribution in [0.2, 0.25) is 18.1 Å². The molecule has 38 heavy (non-hydrogen) atoms. The highest BCUT2D eigenvalue weighted by Gasteiger charge is 2.60. The van der Waals surface area contributed by atoms with Gasteiger partial charge in [0.1, 0.15) is 24.1 Å². The van der Waals surface area contributed by atoms with E-state index in [9.17, 15) is 9.90 Å². The van der Waals surface area contributed by atoms with Crippen LogP contribution in [0.4, 0.5) is 0 Å². The molecule has 0 radical (unpaired) electrons. The zero-order valence-electron chi connectivity index (χ0n) is 23.9. The molecule has 0 amide bonds. The molecule has 0 bridgehead atoms. The lowest BCUT2D eigenvalue weighted by atomic mass is 9.51. The number of ketones is 1. The summed E-state index contributed by atoms with van der Waals surface area (Å²) in [4.78, 5) is 13.3. The summed E-state index contributed by atoms with van der Waals surface area (Å²) in [5.74, 6) is 1.46. The molecule has 5 aliphatic rings. The molecular formula is C32H44O5Si. The van der Waals surface area contributed by atoms with Crippen molar-refractivity contribution in [3.8, 4) is 5.75 Å². The maximum atomic E-state index is 13.3. The Morgan fingerprint density at radius 1 is 1.03 bits per heavy atom. The second-order valence-electron chi connectivity index (χ2n) is 14.4. The van der Waals surface area contributed by atoms with Gasteiger partial charge in [-0.2, -0.15) is 0 Å². The predicted molar refractivity (Wildman–Crippen MR) is 150 cm³/mol. The standard InChI is InChI=1S/C32H44O5Si/c1-29(2,3)38(5,6)37-22-9-7-21(8-10-22)24-19-30(4)25(11-12-27(30)33)23-13-15-31(34)20-32(35-17-18-36-32)16-14-26(31)28(23)24/h7-10,17-18,23-25,34H,11-16,19-20H2,1-6H3/t23-,24+,25-,30-,31+/m0/s1. The lowest BCUT2D eigenvalue weighted by molar-refractivity contribution is -0.196. The van der Waals surface area contributed by atoms with Gasteiger partial charge in [-0.05, 0) is 85.3 Å². The summed E-state index contributed by atoms with van der Waals surface area (Å²) in [5.41, 5.74) is 2.64. The van der Waals surface area contributed by atoms with Crippen molar-refractivity contribution >= 4 is 14.1 Å². The Morgan fingerprint density at radius 3 is 2.37 bits per heavy atom. The monoisotopic (exact) mass is 536 g/mol. The zero-order chi connectivity index (χ0) is 27.1. The summed E-state index contributed by atoms with van der Waals surface area (Å²) in [5, 5.41) is 12.2. The first-order valence-corrected chi connectivity index (χ1v) is 17.5. The average molecular weight is 537 g/mol. The van der Waals surface area contributed by atoms with Crippen molar-refractivity contribution in [2.45, 2.75) is 114 Å². The number of carbonyl (C=O) groups is 1. The Kier molecular flexibility index (Phi) is 5.84. The predicted octanol–water partition coefficient (Wildman–Crippen LogP) is 7.38. The van der Waals surface area contributed by atoms with E-state index in [-0.39, 0.29) is 16.4 Å². The van der Waals surface area contributed by atoms with Gasteiger partial charge in [0.25, 0.3) is 5.79 Å². The van der Waals surface area contributed by atoms with E-state index in [0.717, 1.165) is 37.9 Å². The fourth-order valence-corrected chi connectivity index (χ4v) is 9.12. The van der Waals surface area contributed by atoms with Crippen molar-refractivity contribution < 1.29 is 23.8 Å². The molecule has 5 atom stereocenters. The molecule has 206 valence electrons. The molecule has 0 saturated heterocycles. The van der Waals surface area contributed by atoms with Gasteiger partial charge in [-0.3, -0.25) is 4.79 Å². The molecule has 1 aliphatic heterocycles. The van der Waals surface area contributed by atoms with Gasteiger partial charge in [-0.1, -0.05) is 45.4 Å². The van der Waals surface area contributed by atoms with Crippen molar-refractivity contribution in [3.63, 3.8) is 0 Å². The highest BCUT2D eigenvalue weighted by molar-refractivity contribution is 6.74. The fourth-order valence-electron chi connectivity index (χ4n) is 8.09. The lowest BCUT2D eigenvalue weighted by Crippen LogP contribution is -2.53. The smallest absolute Gasteiger partial charge is 0.253 e. The molecule has 6 rings (SSSR count). The van der Waals surface area contributed by atoms with Gasteiger partial charge in [0.05, 0.1) is 12.0 Å². The van der Waals surface area contributed by atoms with Crippen molar-refractivity contribution in [2.75, 3.05) is 0 Å². The number of hydrogen-bond donors (Lipinski definition) is 1. The Hall–Kier alpha value is -2.05. The van der Waals surface area contributed by atoms with Crippen molar-refractivity contribution in [1.82, 2.24) is 0 Å². The minimum atomic E-state index is -1.93. The second kappa shape index (κ2) is 8.47. The maximum Gasteiger partial charge on any atom is 0.253 e. The van der Waals surface area contributed by atoms with E-state index < -0.39 is 19.7 Å². The van der Waals surface area contributed by atoms with E-state index in [1.807, 2.05) is 0 Å². The first-order chi connectivity index (χ1) is 17.8. The number of Topliss-reactive ketones (excluding diaryl/α,β-unsaturated/α-hetero) is 1. The van der Waals surface area contributed by atoms with Crippen LogP contribution in [0.15, 0.2) is 47.9 Å². The van der Waals surface area contributed by atoms with E-state index in [1.54, 1.807) is 12.5 Å². The first kappa shape index (κ1) is 26.2. The summed E-state index contributed by atoms with van der Waals surface area (Å²) >= 11 is 0. The van der Waals surface area contributed by atoms with Crippen LogP contribution < -0.4 is 4.43 Å². The van der Waals surface area contributed by atoms with Crippen LogP contribution in [0.3, 0.4) is 0 Å². The Morgan fingerprint density at radius 2 is 1.71 bits per heavy atom. The molecule has 1 spiro atoms. The maximum absolute atomic E-state index is 13.3. The molecule has 4 aliphatic carbocycles. The molecule has 1 N–H and O–H groups in total. The largest absolute Gasteiger partial charge is 0.544 e. The SMILES string of the molecule is CC(C)(C)[Si](C)(C)Oc1ccc([C@H]2C[C@]3(C)C(=O)CC[C@H]3[C@@H]3CC[C@@]4(O)CC5(CCC4=C32)OC=CO5)cc1. The molecular weight excluding hydrogens is 492 g/mol. The summed E-state index contributed by atoms with van der Waals surface area (Å²) < 4.78 is 18.3. The second-order valence-corrected chi connectivity index (χ2v) is 19.1. The minimum Gasteiger partial charge on any atom is -0.544 e. The molecule has 3 fully saturated rings. The topological polar surface area (TPSA) is 65.0 Å². The molecule has 6 heteroatoms. The number of benzene rings is 1. The summed E-state index contributed by atoms with van der Waals surface area (Å²) in [6.45, 7) is 13.6. The van der Waals surface area contributed by atoms with Crippen LogP contribution in [-0.2, 0) is 14.3 Å². The van der Waals surface area contributed by atoms with Crippen LogP contribution in [0, 0.1) is 17.3 Å². The Balaban J connectivity index is 1.39. The number of aliphatic hydroxyl groups is 1. The molecule has 5 nitrogen and oxygen atoms in total. The molecule has 0 aromatic heterocycles. The molecule has 1 aromatic rings. The van der Waals surface area contributed by atoms with E-state index in [0.29, 0.717) is 36.9 Å². The van der Waals surface area contributed by atoms with Crippen molar-refractivity contribution in [3.05, 3.63) is 53.5 Å². The molecule has 0 unspecified atom stereocenters. The van der Waals surface area contributed by atoms with Crippen LogP contribution in [-0.4, -0.2) is 30.6 Å². The van der Waals surface area contributed by atoms with Gasteiger partial charge in [-0.15, -0.1) is 0 Å². The van der Waals surface area contributed by atoms with Gasteiger partial charge in [0.15, 0.2) is 0 Å². The fraction of sp³-hybridized carbons (Fsp3) is 0.656. The van der Waals surface area contributed by atoms with E-state index in [4.69, 9.17) is 13.9 Å². The van der Waals surface area contributed by atoms with Crippen molar-refractivity contribution in [1.29, 1.82) is 0 Å². The summed E-state index contributed by atoms with van der Waals surface area (Å²) in [7, 11) is -1.93. The van der Waals surface area contributed by atoms with Crippen LogP contribution in [0.5, 0.6) is 5.75 Å². The number of carbonyl (C=O) groups excluding carboxylic acids is 1. The molecule has 1 aromatic carbocycles. The van der Waals surface area contributed by atoms with Gasteiger partial charge >= 0.3 is 0 Å². The van der Waals surface area contributed by atoms with E-state index in [1.165, 1.54) is 16.7 Å². The normalized spacial score (nSPS) is 35.9. The highest BCUT2D eigenvalue weighted by Crippen LogP contribution is 2.64. The average Bonchev–Trinajstić information content (AvgIpc) is 3.41. The van der Waals surface area contributed by atoms with Gasteiger partial charge in [0.2, 0.25) is 8.32 Å².